The highest BCUT2D eigenvalue weighted by Gasteiger charge is 2.29. The van der Waals surface area contributed by atoms with Crippen LogP contribution >= 0.6 is 0 Å². The maximum Gasteiger partial charge on any atom is 0.247 e. The van der Waals surface area contributed by atoms with E-state index in [-0.39, 0.29) is 11.9 Å². The fourth-order valence-corrected chi connectivity index (χ4v) is 2.37. The summed E-state index contributed by atoms with van der Waals surface area (Å²) in [7, 11) is 3.53. The van der Waals surface area contributed by atoms with Crippen LogP contribution in [0.15, 0.2) is 30.5 Å². The highest BCUT2D eigenvalue weighted by Crippen LogP contribution is 2.36. The Bertz CT molecular complexity index is 642. The first-order chi connectivity index (χ1) is 9.22. The van der Waals surface area contributed by atoms with Gasteiger partial charge in [-0.05, 0) is 31.3 Å². The Kier molecular flexibility index (Phi) is 2.83. The lowest BCUT2D eigenvalue weighted by molar-refractivity contribution is -0.120. The van der Waals surface area contributed by atoms with Crippen molar-refractivity contribution in [2.75, 3.05) is 25.6 Å². The van der Waals surface area contributed by atoms with Crippen LogP contribution in [0, 0.1) is 0 Å². The molecule has 0 radical (unpaired) electrons. The third kappa shape index (κ3) is 1.82. The fraction of sp³-hybridized carbons (Fsp3) is 0.286. The number of nitrogens with zero attached hydrogens (tertiary/aromatic N) is 2. The van der Waals surface area contributed by atoms with Crippen molar-refractivity contribution in [3.8, 4) is 5.75 Å². The van der Waals surface area contributed by atoms with Crippen LogP contribution in [-0.2, 0) is 4.79 Å². The Labute approximate surface area is 111 Å². The molecule has 0 aliphatic carbocycles. The van der Waals surface area contributed by atoms with E-state index in [1.54, 1.807) is 25.2 Å². The summed E-state index contributed by atoms with van der Waals surface area (Å²) in [6.45, 7) is 0.332. The van der Waals surface area contributed by atoms with Gasteiger partial charge in [0.25, 0.3) is 0 Å². The third-order valence-electron chi connectivity index (χ3n) is 3.44. The minimum Gasteiger partial charge on any atom is -0.489 e. The summed E-state index contributed by atoms with van der Waals surface area (Å²) >= 11 is 0. The Balaban J connectivity index is 2.22. The lowest BCUT2D eigenvalue weighted by Gasteiger charge is -2.20. The molecule has 2 aromatic rings. The normalized spacial score (nSPS) is 18.9. The highest BCUT2D eigenvalue weighted by molar-refractivity contribution is 6.07. The number of anilines is 1. The van der Waals surface area contributed by atoms with E-state index in [0.717, 1.165) is 16.6 Å². The van der Waals surface area contributed by atoms with Gasteiger partial charge in [0.15, 0.2) is 0 Å². The summed E-state index contributed by atoms with van der Waals surface area (Å²) in [5, 5.41) is 3.90. The average Bonchev–Trinajstić information content (AvgIpc) is 2.57. The van der Waals surface area contributed by atoms with Crippen LogP contribution in [0.2, 0.25) is 0 Å². The second kappa shape index (κ2) is 4.51. The van der Waals surface area contributed by atoms with Gasteiger partial charge in [0, 0.05) is 18.6 Å². The van der Waals surface area contributed by atoms with Gasteiger partial charge in [-0.1, -0.05) is 0 Å². The maximum absolute atomic E-state index is 12.3. The van der Waals surface area contributed by atoms with Crippen molar-refractivity contribution in [2.45, 2.75) is 6.04 Å². The molecule has 0 saturated carbocycles. The lowest BCUT2D eigenvalue weighted by Crippen LogP contribution is -2.45. The summed E-state index contributed by atoms with van der Waals surface area (Å²) in [6, 6.07) is 7.26. The predicted octanol–water partition coefficient (Wildman–Crippen LogP) is 1.18. The first kappa shape index (κ1) is 11.9. The smallest absolute Gasteiger partial charge is 0.247 e. The number of likely N-dealkylation sites (N-methyl/N-ethyl adjacent to an activating group) is 2. The molecule has 0 saturated heterocycles. The molecule has 98 valence electrons. The lowest BCUT2D eigenvalue weighted by atomic mass is 10.1. The van der Waals surface area contributed by atoms with Gasteiger partial charge in [-0.15, -0.1) is 0 Å². The number of hydrogen-bond donors (Lipinski definition) is 1. The molecule has 1 aromatic heterocycles. The second-order valence-electron chi connectivity index (χ2n) is 4.53. The number of hydrogen-bond acceptors (Lipinski definition) is 4. The zero-order chi connectivity index (χ0) is 13.4. The van der Waals surface area contributed by atoms with E-state index >= 15 is 0 Å². The van der Waals surface area contributed by atoms with Crippen LogP contribution < -0.4 is 15.0 Å². The minimum absolute atomic E-state index is 0.00222. The zero-order valence-corrected chi connectivity index (χ0v) is 10.9. The Morgan fingerprint density at radius 2 is 2.26 bits per heavy atom. The molecule has 0 unspecified atom stereocenters. The largest absolute Gasteiger partial charge is 0.489 e. The Morgan fingerprint density at radius 3 is 3.05 bits per heavy atom. The van der Waals surface area contributed by atoms with E-state index in [9.17, 15) is 4.79 Å². The molecular formula is C14H15N3O2. The second-order valence-corrected chi connectivity index (χ2v) is 4.53. The van der Waals surface area contributed by atoms with Crippen LogP contribution in [0.4, 0.5) is 5.69 Å². The van der Waals surface area contributed by atoms with Crippen LogP contribution in [0.5, 0.6) is 5.75 Å². The fourth-order valence-electron chi connectivity index (χ4n) is 2.37. The zero-order valence-electron chi connectivity index (χ0n) is 10.9. The number of fused-ring (bicyclic) bond motifs is 3. The molecule has 2 heterocycles. The number of pyridine rings is 1. The van der Waals surface area contributed by atoms with Crippen LogP contribution in [-0.4, -0.2) is 37.6 Å². The van der Waals surface area contributed by atoms with E-state index in [0.29, 0.717) is 12.4 Å². The van der Waals surface area contributed by atoms with Crippen LogP contribution in [0.25, 0.3) is 10.9 Å². The first-order valence-electron chi connectivity index (χ1n) is 6.17. The number of aromatic nitrogens is 1. The first-order valence-corrected chi connectivity index (χ1v) is 6.17. The summed E-state index contributed by atoms with van der Waals surface area (Å²) in [4.78, 5) is 18.3. The van der Waals surface area contributed by atoms with Gasteiger partial charge < -0.3 is 15.0 Å². The van der Waals surface area contributed by atoms with Gasteiger partial charge in [0.1, 0.15) is 18.4 Å². The third-order valence-corrected chi connectivity index (χ3v) is 3.44. The van der Waals surface area contributed by atoms with Gasteiger partial charge in [-0.3, -0.25) is 9.78 Å². The molecule has 1 atom stereocenters. The molecule has 1 aromatic carbocycles. The maximum atomic E-state index is 12.3. The Morgan fingerprint density at radius 1 is 1.42 bits per heavy atom. The van der Waals surface area contributed by atoms with Gasteiger partial charge in [-0.25, -0.2) is 0 Å². The van der Waals surface area contributed by atoms with Crippen molar-refractivity contribution in [3.05, 3.63) is 30.5 Å². The molecular weight excluding hydrogens is 242 g/mol. The predicted molar refractivity (Wildman–Crippen MR) is 73.5 cm³/mol. The number of nitrogens with one attached hydrogen (secondary N) is 1. The van der Waals surface area contributed by atoms with Crippen LogP contribution in [0.3, 0.4) is 0 Å². The van der Waals surface area contributed by atoms with Gasteiger partial charge in [0.05, 0.1) is 11.2 Å². The molecule has 1 amide bonds. The van der Waals surface area contributed by atoms with E-state index in [1.807, 2.05) is 24.3 Å². The quantitative estimate of drug-likeness (QED) is 0.833. The molecule has 1 aliphatic heterocycles. The Hall–Kier alpha value is -2.14. The van der Waals surface area contributed by atoms with Gasteiger partial charge in [-0.2, -0.15) is 0 Å². The van der Waals surface area contributed by atoms with E-state index in [1.165, 1.54) is 0 Å². The summed E-state index contributed by atoms with van der Waals surface area (Å²) in [5.41, 5.74) is 1.64. The molecule has 0 fully saturated rings. The van der Waals surface area contributed by atoms with Crippen molar-refractivity contribution in [3.63, 3.8) is 0 Å². The number of amides is 1. The molecule has 19 heavy (non-hydrogen) atoms. The number of rotatable bonds is 1. The topological polar surface area (TPSA) is 54.5 Å². The molecule has 0 spiro atoms. The molecule has 1 aliphatic rings. The molecule has 3 rings (SSSR count). The van der Waals surface area contributed by atoms with Crippen molar-refractivity contribution in [2.24, 2.45) is 0 Å². The van der Waals surface area contributed by atoms with Gasteiger partial charge >= 0.3 is 0 Å². The van der Waals surface area contributed by atoms with Crippen molar-refractivity contribution in [1.29, 1.82) is 0 Å². The summed E-state index contributed by atoms with van der Waals surface area (Å²) in [6.07, 6.45) is 1.74. The molecule has 0 bridgehead atoms. The summed E-state index contributed by atoms with van der Waals surface area (Å²) < 4.78 is 5.75. The number of carbonyl (C=O) groups excluding carboxylic acids is 1. The van der Waals surface area contributed by atoms with Crippen molar-refractivity contribution < 1.29 is 9.53 Å². The standard InChI is InChI=1S/C14H15N3O2/c1-15-11-8-19-12-6-5-10-9(4-3-7-16-10)13(12)17(2)14(11)18/h3-7,11,15H,8H2,1-2H3/t11-/m0/s1. The van der Waals surface area contributed by atoms with E-state index < -0.39 is 0 Å². The highest BCUT2D eigenvalue weighted by atomic mass is 16.5. The average molecular weight is 257 g/mol. The number of ether oxygens (including phenoxy) is 1. The van der Waals surface area contributed by atoms with E-state index in [2.05, 4.69) is 10.3 Å². The number of carbonyl (C=O) groups is 1. The monoisotopic (exact) mass is 257 g/mol. The van der Waals surface area contributed by atoms with Crippen LogP contribution in [0.1, 0.15) is 0 Å². The van der Waals surface area contributed by atoms with Crippen molar-refractivity contribution in [1.82, 2.24) is 10.3 Å². The molecule has 5 heteroatoms. The van der Waals surface area contributed by atoms with Gasteiger partial charge in [0.2, 0.25) is 5.91 Å². The summed E-state index contributed by atoms with van der Waals surface area (Å²) in [5.74, 6) is 0.715. The van der Waals surface area contributed by atoms with E-state index in [4.69, 9.17) is 4.74 Å². The number of benzene rings is 1. The molecule has 1 N–H and O–H groups in total. The molecule has 5 nitrogen and oxygen atoms in total. The van der Waals surface area contributed by atoms with Crippen molar-refractivity contribution >= 4 is 22.5 Å². The SMILES string of the molecule is CN[C@H]1COc2ccc3ncccc3c2N(C)C1=O. The minimum atomic E-state index is -0.330.